The second-order valence-corrected chi connectivity index (χ2v) is 3.69. The van der Waals surface area contributed by atoms with E-state index in [-0.39, 0.29) is 12.7 Å². The Balaban J connectivity index is 2.35. The fourth-order valence-corrected chi connectivity index (χ4v) is 1.17. The molecule has 1 rings (SSSR count). The number of ether oxygens (including phenoxy) is 1. The SMILES string of the molecule is CC(C)ON(C)C(=O)OCc1ccccc1. The fourth-order valence-electron chi connectivity index (χ4n) is 1.17. The van der Waals surface area contributed by atoms with Crippen molar-refractivity contribution in [1.82, 2.24) is 5.06 Å². The van der Waals surface area contributed by atoms with Gasteiger partial charge in [0.05, 0.1) is 6.10 Å². The molecule has 0 saturated heterocycles. The molecule has 4 heteroatoms. The highest BCUT2D eigenvalue weighted by molar-refractivity contribution is 5.65. The third kappa shape index (κ3) is 4.31. The Morgan fingerprint density at radius 3 is 2.50 bits per heavy atom. The van der Waals surface area contributed by atoms with Crippen molar-refractivity contribution in [2.45, 2.75) is 26.6 Å². The fraction of sp³-hybridized carbons (Fsp3) is 0.417. The smallest absolute Gasteiger partial charge is 0.434 e. The summed E-state index contributed by atoms with van der Waals surface area (Å²) in [4.78, 5) is 16.6. The maximum Gasteiger partial charge on any atom is 0.434 e. The molecule has 0 aliphatic carbocycles. The number of carbonyl (C=O) groups is 1. The lowest BCUT2D eigenvalue weighted by atomic mass is 10.2. The van der Waals surface area contributed by atoms with Crippen LogP contribution in [0.1, 0.15) is 19.4 Å². The molecule has 0 spiro atoms. The zero-order valence-corrected chi connectivity index (χ0v) is 9.84. The van der Waals surface area contributed by atoms with Gasteiger partial charge in [-0.15, -0.1) is 0 Å². The van der Waals surface area contributed by atoms with Crippen molar-refractivity contribution in [3.05, 3.63) is 35.9 Å². The minimum absolute atomic E-state index is 0.0470. The van der Waals surface area contributed by atoms with Gasteiger partial charge in [0.25, 0.3) is 0 Å². The number of rotatable bonds is 4. The number of hydrogen-bond acceptors (Lipinski definition) is 3. The van der Waals surface area contributed by atoms with E-state index in [2.05, 4.69) is 0 Å². The summed E-state index contributed by atoms with van der Waals surface area (Å²) in [6.07, 6.45) is -0.535. The van der Waals surface area contributed by atoms with Crippen molar-refractivity contribution in [2.75, 3.05) is 7.05 Å². The quantitative estimate of drug-likeness (QED) is 0.736. The summed E-state index contributed by atoms with van der Waals surface area (Å²) in [6.45, 7) is 3.95. The first kappa shape index (κ1) is 12.5. The van der Waals surface area contributed by atoms with Gasteiger partial charge in [0.1, 0.15) is 6.61 Å². The first-order chi connectivity index (χ1) is 7.59. The number of hydrogen-bond donors (Lipinski definition) is 0. The first-order valence-electron chi connectivity index (χ1n) is 5.20. The van der Waals surface area contributed by atoms with Crippen LogP contribution in [0.25, 0.3) is 0 Å². The third-order valence-electron chi connectivity index (χ3n) is 1.83. The monoisotopic (exact) mass is 223 g/mol. The summed E-state index contributed by atoms with van der Waals surface area (Å²) in [6, 6.07) is 9.52. The molecule has 0 atom stereocenters. The average Bonchev–Trinajstić information content (AvgIpc) is 2.26. The van der Waals surface area contributed by atoms with Crippen molar-refractivity contribution in [3.63, 3.8) is 0 Å². The van der Waals surface area contributed by atoms with Crippen LogP contribution >= 0.6 is 0 Å². The van der Waals surface area contributed by atoms with Crippen molar-refractivity contribution in [1.29, 1.82) is 0 Å². The number of nitrogens with zero attached hydrogens (tertiary/aromatic N) is 1. The van der Waals surface area contributed by atoms with Crippen LogP contribution in [-0.4, -0.2) is 24.3 Å². The molecule has 16 heavy (non-hydrogen) atoms. The van der Waals surface area contributed by atoms with E-state index < -0.39 is 6.09 Å². The lowest BCUT2D eigenvalue weighted by Gasteiger charge is -2.18. The summed E-state index contributed by atoms with van der Waals surface area (Å²) in [5.74, 6) is 0. The molecule has 0 N–H and O–H groups in total. The Morgan fingerprint density at radius 2 is 1.94 bits per heavy atom. The average molecular weight is 223 g/mol. The van der Waals surface area contributed by atoms with Crippen LogP contribution in [0.5, 0.6) is 0 Å². The van der Waals surface area contributed by atoms with Gasteiger partial charge < -0.3 is 4.74 Å². The molecule has 0 heterocycles. The van der Waals surface area contributed by atoms with Gasteiger partial charge in [-0.25, -0.2) is 4.79 Å². The highest BCUT2D eigenvalue weighted by Crippen LogP contribution is 2.03. The molecule has 0 bridgehead atoms. The minimum Gasteiger partial charge on any atom is -0.443 e. The zero-order chi connectivity index (χ0) is 12.0. The molecular formula is C12H17NO3. The van der Waals surface area contributed by atoms with Crippen molar-refractivity contribution < 1.29 is 14.4 Å². The Hall–Kier alpha value is -1.55. The molecule has 0 aromatic heterocycles. The van der Waals surface area contributed by atoms with Crippen molar-refractivity contribution in [2.24, 2.45) is 0 Å². The Labute approximate surface area is 95.7 Å². The maximum absolute atomic E-state index is 11.4. The Bertz CT molecular complexity index is 324. The molecule has 1 aromatic rings. The number of hydroxylamine groups is 2. The van der Waals surface area contributed by atoms with Gasteiger partial charge >= 0.3 is 6.09 Å². The van der Waals surface area contributed by atoms with Gasteiger partial charge in [0.15, 0.2) is 0 Å². The summed E-state index contributed by atoms with van der Waals surface area (Å²) in [7, 11) is 1.54. The van der Waals surface area contributed by atoms with Gasteiger partial charge in [-0.05, 0) is 19.4 Å². The molecule has 1 amide bonds. The standard InChI is InChI=1S/C12H17NO3/c1-10(2)16-13(3)12(14)15-9-11-7-5-4-6-8-11/h4-8,10H,9H2,1-3H3. The molecule has 88 valence electrons. The van der Waals surface area contributed by atoms with Gasteiger partial charge in [-0.1, -0.05) is 30.3 Å². The van der Waals surface area contributed by atoms with Crippen molar-refractivity contribution >= 4 is 6.09 Å². The van der Waals surface area contributed by atoms with Crippen LogP contribution < -0.4 is 0 Å². The second-order valence-electron chi connectivity index (χ2n) is 3.69. The topological polar surface area (TPSA) is 38.8 Å². The molecular weight excluding hydrogens is 206 g/mol. The number of carbonyl (C=O) groups excluding carboxylic acids is 1. The van der Waals surface area contributed by atoms with Crippen LogP contribution in [0.15, 0.2) is 30.3 Å². The number of amides is 1. The maximum atomic E-state index is 11.4. The van der Waals surface area contributed by atoms with Crippen LogP contribution in [0.2, 0.25) is 0 Å². The summed E-state index contributed by atoms with van der Waals surface area (Å²) < 4.78 is 5.05. The van der Waals surface area contributed by atoms with E-state index in [0.29, 0.717) is 0 Å². The number of benzene rings is 1. The summed E-state index contributed by atoms with van der Waals surface area (Å²) in [5.41, 5.74) is 0.953. The summed E-state index contributed by atoms with van der Waals surface area (Å²) in [5, 5.41) is 1.10. The van der Waals surface area contributed by atoms with Crippen LogP contribution in [-0.2, 0) is 16.2 Å². The highest BCUT2D eigenvalue weighted by Gasteiger charge is 2.11. The predicted molar refractivity (Wildman–Crippen MR) is 60.6 cm³/mol. The second kappa shape index (κ2) is 6.12. The van der Waals surface area contributed by atoms with Crippen LogP contribution in [0.3, 0.4) is 0 Å². The first-order valence-corrected chi connectivity index (χ1v) is 5.20. The van der Waals surface area contributed by atoms with Gasteiger partial charge in [-0.3, -0.25) is 4.84 Å². The predicted octanol–water partition coefficient (Wildman–Crippen LogP) is 2.60. The van der Waals surface area contributed by atoms with E-state index >= 15 is 0 Å². The van der Waals surface area contributed by atoms with E-state index in [4.69, 9.17) is 9.57 Å². The van der Waals surface area contributed by atoms with E-state index in [1.807, 2.05) is 44.2 Å². The minimum atomic E-state index is -0.488. The lowest BCUT2D eigenvalue weighted by Crippen LogP contribution is -2.30. The zero-order valence-electron chi connectivity index (χ0n) is 9.84. The molecule has 4 nitrogen and oxygen atoms in total. The third-order valence-corrected chi connectivity index (χ3v) is 1.83. The summed E-state index contributed by atoms with van der Waals surface area (Å²) >= 11 is 0. The van der Waals surface area contributed by atoms with E-state index in [1.54, 1.807) is 0 Å². The van der Waals surface area contributed by atoms with E-state index in [9.17, 15) is 4.79 Å². The van der Waals surface area contributed by atoms with Gasteiger partial charge in [0, 0.05) is 7.05 Å². The van der Waals surface area contributed by atoms with E-state index in [0.717, 1.165) is 10.6 Å². The molecule has 0 saturated carbocycles. The molecule has 0 fully saturated rings. The molecule has 0 aliphatic heterocycles. The normalized spacial score (nSPS) is 10.2. The molecule has 0 radical (unpaired) electrons. The van der Waals surface area contributed by atoms with Crippen LogP contribution in [0, 0.1) is 0 Å². The Morgan fingerprint density at radius 1 is 1.31 bits per heavy atom. The van der Waals surface area contributed by atoms with Crippen molar-refractivity contribution in [3.8, 4) is 0 Å². The van der Waals surface area contributed by atoms with Gasteiger partial charge in [-0.2, -0.15) is 5.06 Å². The molecule has 0 aliphatic rings. The Kier molecular flexibility index (Phi) is 4.79. The molecule has 1 aromatic carbocycles. The van der Waals surface area contributed by atoms with Gasteiger partial charge in [0.2, 0.25) is 0 Å². The highest BCUT2D eigenvalue weighted by atomic mass is 16.7. The van der Waals surface area contributed by atoms with Crippen LogP contribution in [0.4, 0.5) is 4.79 Å². The molecule has 0 unspecified atom stereocenters. The lowest BCUT2D eigenvalue weighted by molar-refractivity contribution is -0.149. The van der Waals surface area contributed by atoms with E-state index in [1.165, 1.54) is 7.05 Å². The largest absolute Gasteiger partial charge is 0.443 e.